The molecule has 0 saturated carbocycles. The van der Waals surface area contributed by atoms with Crippen molar-refractivity contribution in [1.29, 1.82) is 0 Å². The molecule has 2 aromatic carbocycles. The van der Waals surface area contributed by atoms with Crippen molar-refractivity contribution in [2.24, 2.45) is 0 Å². The zero-order valence-corrected chi connectivity index (χ0v) is 15.9. The van der Waals surface area contributed by atoms with Gasteiger partial charge in [0.05, 0.1) is 13.2 Å². The Balaban J connectivity index is 1.52. The number of nitrogens with one attached hydrogen (secondary N) is 1. The summed E-state index contributed by atoms with van der Waals surface area (Å²) in [6.07, 6.45) is 0.643. The van der Waals surface area contributed by atoms with E-state index in [1.165, 1.54) is 0 Å². The van der Waals surface area contributed by atoms with E-state index in [1.54, 1.807) is 19.2 Å². The summed E-state index contributed by atoms with van der Waals surface area (Å²) in [6.45, 7) is 1.94. The number of carbonyl (C=O) groups excluding carboxylic acids is 1. The van der Waals surface area contributed by atoms with Gasteiger partial charge in [-0.3, -0.25) is 4.79 Å². The second-order valence-corrected chi connectivity index (χ2v) is 6.52. The van der Waals surface area contributed by atoms with E-state index < -0.39 is 0 Å². The van der Waals surface area contributed by atoms with E-state index in [2.05, 4.69) is 15.5 Å². The van der Waals surface area contributed by atoms with Crippen LogP contribution >= 0.6 is 11.6 Å². The number of nitrogens with zero attached hydrogens (tertiary/aromatic N) is 2. The molecule has 140 valence electrons. The smallest absolute Gasteiger partial charge is 0.227 e. The molecule has 1 amide bonds. The van der Waals surface area contributed by atoms with Gasteiger partial charge in [0.2, 0.25) is 17.6 Å². The summed E-state index contributed by atoms with van der Waals surface area (Å²) < 4.78 is 10.4. The van der Waals surface area contributed by atoms with Crippen molar-refractivity contribution in [3.63, 3.8) is 0 Å². The molecule has 0 spiro atoms. The lowest BCUT2D eigenvalue weighted by molar-refractivity contribution is -0.121. The minimum Gasteiger partial charge on any atom is -0.497 e. The van der Waals surface area contributed by atoms with E-state index in [9.17, 15) is 4.79 Å². The highest BCUT2D eigenvalue weighted by molar-refractivity contribution is 6.30. The first kappa shape index (κ1) is 18.9. The van der Waals surface area contributed by atoms with Gasteiger partial charge in [-0.15, -0.1) is 0 Å². The van der Waals surface area contributed by atoms with Crippen molar-refractivity contribution in [3.8, 4) is 17.1 Å². The topological polar surface area (TPSA) is 77.2 Å². The number of halogens is 1. The predicted octanol–water partition coefficient (Wildman–Crippen LogP) is 4.21. The molecule has 0 bridgehead atoms. The van der Waals surface area contributed by atoms with Gasteiger partial charge in [-0.1, -0.05) is 28.9 Å². The van der Waals surface area contributed by atoms with E-state index in [0.29, 0.717) is 23.2 Å². The molecule has 3 rings (SSSR count). The molecule has 0 saturated heterocycles. The average molecular weight is 386 g/mol. The SMILES string of the molecule is COc1ccc([C@@H](C)NC(=O)CCc2nc(-c3ccc(Cl)cc3)no2)cc1. The van der Waals surface area contributed by atoms with E-state index in [1.807, 2.05) is 43.3 Å². The Morgan fingerprint density at radius 3 is 2.56 bits per heavy atom. The molecule has 1 N–H and O–H groups in total. The van der Waals surface area contributed by atoms with Crippen molar-refractivity contribution in [3.05, 3.63) is 65.0 Å². The van der Waals surface area contributed by atoms with Gasteiger partial charge in [-0.2, -0.15) is 4.98 Å². The lowest BCUT2D eigenvalue weighted by atomic mass is 10.1. The fraction of sp³-hybridized carbons (Fsp3) is 0.250. The Bertz CT molecular complexity index is 892. The summed E-state index contributed by atoms with van der Waals surface area (Å²) in [4.78, 5) is 16.5. The standard InChI is InChI=1S/C20H20ClN3O3/c1-13(14-5-9-17(26-2)10-6-14)22-18(25)11-12-19-23-20(24-27-19)15-3-7-16(21)8-4-15/h3-10,13H,11-12H2,1-2H3,(H,22,25)/t13-/m1/s1. The van der Waals surface area contributed by atoms with Crippen molar-refractivity contribution in [2.75, 3.05) is 7.11 Å². The minimum atomic E-state index is -0.101. The maximum Gasteiger partial charge on any atom is 0.227 e. The van der Waals surface area contributed by atoms with Crippen LogP contribution in [0.3, 0.4) is 0 Å². The molecule has 0 unspecified atom stereocenters. The summed E-state index contributed by atoms with van der Waals surface area (Å²) in [5.41, 5.74) is 1.82. The van der Waals surface area contributed by atoms with Gasteiger partial charge < -0.3 is 14.6 Å². The van der Waals surface area contributed by atoms with E-state index in [-0.39, 0.29) is 18.4 Å². The summed E-state index contributed by atoms with van der Waals surface area (Å²) in [5.74, 6) is 1.61. The van der Waals surface area contributed by atoms with Gasteiger partial charge in [0.15, 0.2) is 0 Å². The van der Waals surface area contributed by atoms with E-state index in [4.69, 9.17) is 20.9 Å². The Hall–Kier alpha value is -2.86. The molecule has 1 aromatic heterocycles. The van der Waals surface area contributed by atoms with Crippen molar-refractivity contribution in [1.82, 2.24) is 15.5 Å². The van der Waals surface area contributed by atoms with Crippen LogP contribution in [0.5, 0.6) is 5.75 Å². The number of hydrogen-bond donors (Lipinski definition) is 1. The molecule has 7 heteroatoms. The first-order valence-corrected chi connectivity index (χ1v) is 8.95. The second-order valence-electron chi connectivity index (χ2n) is 6.08. The van der Waals surface area contributed by atoms with Gasteiger partial charge in [0, 0.05) is 23.4 Å². The van der Waals surface area contributed by atoms with Gasteiger partial charge in [0.25, 0.3) is 0 Å². The third kappa shape index (κ3) is 5.08. The van der Waals surface area contributed by atoms with Crippen LogP contribution in [0.25, 0.3) is 11.4 Å². The molecule has 1 atom stereocenters. The van der Waals surface area contributed by atoms with Crippen LogP contribution in [-0.4, -0.2) is 23.2 Å². The lowest BCUT2D eigenvalue weighted by Crippen LogP contribution is -2.26. The Kier molecular flexibility index (Phi) is 6.08. The summed E-state index contributed by atoms with van der Waals surface area (Å²) in [7, 11) is 1.62. The number of carbonyl (C=O) groups is 1. The van der Waals surface area contributed by atoms with Gasteiger partial charge in [-0.05, 0) is 48.9 Å². The van der Waals surface area contributed by atoms with Gasteiger partial charge in [0.1, 0.15) is 5.75 Å². The molecule has 0 radical (unpaired) electrons. The molecule has 27 heavy (non-hydrogen) atoms. The van der Waals surface area contributed by atoms with Crippen LogP contribution in [0, 0.1) is 0 Å². The zero-order chi connectivity index (χ0) is 19.2. The molecule has 0 aliphatic heterocycles. The number of benzene rings is 2. The van der Waals surface area contributed by atoms with E-state index >= 15 is 0 Å². The van der Waals surface area contributed by atoms with Crippen LogP contribution < -0.4 is 10.1 Å². The van der Waals surface area contributed by atoms with E-state index in [0.717, 1.165) is 16.9 Å². The van der Waals surface area contributed by atoms with Crippen molar-refractivity contribution < 1.29 is 14.1 Å². The number of aromatic nitrogens is 2. The molecule has 6 nitrogen and oxygen atoms in total. The summed E-state index contributed by atoms with van der Waals surface area (Å²) in [5, 5.41) is 7.55. The highest BCUT2D eigenvalue weighted by Crippen LogP contribution is 2.20. The normalized spacial score (nSPS) is 11.8. The highest BCUT2D eigenvalue weighted by atomic mass is 35.5. The second kappa shape index (κ2) is 8.68. The fourth-order valence-electron chi connectivity index (χ4n) is 2.58. The van der Waals surface area contributed by atoms with Gasteiger partial charge in [-0.25, -0.2) is 0 Å². The number of rotatable bonds is 7. The van der Waals surface area contributed by atoms with Crippen LogP contribution in [0.15, 0.2) is 53.1 Å². The molecule has 3 aromatic rings. The van der Waals surface area contributed by atoms with Crippen LogP contribution in [-0.2, 0) is 11.2 Å². The fourth-order valence-corrected chi connectivity index (χ4v) is 2.71. The molecule has 1 heterocycles. The highest BCUT2D eigenvalue weighted by Gasteiger charge is 2.13. The zero-order valence-electron chi connectivity index (χ0n) is 15.1. The number of amides is 1. The lowest BCUT2D eigenvalue weighted by Gasteiger charge is -2.14. The number of hydrogen-bond acceptors (Lipinski definition) is 5. The minimum absolute atomic E-state index is 0.0791. The molecule has 0 aliphatic carbocycles. The molecule has 0 fully saturated rings. The average Bonchev–Trinajstić information content (AvgIpc) is 3.16. The quantitative estimate of drug-likeness (QED) is 0.659. The van der Waals surface area contributed by atoms with Crippen molar-refractivity contribution >= 4 is 17.5 Å². The summed E-state index contributed by atoms with van der Waals surface area (Å²) in [6, 6.07) is 14.7. The monoisotopic (exact) mass is 385 g/mol. The van der Waals surface area contributed by atoms with Crippen LogP contribution in [0.1, 0.15) is 30.8 Å². The predicted molar refractivity (Wildman–Crippen MR) is 103 cm³/mol. The summed E-state index contributed by atoms with van der Waals surface area (Å²) >= 11 is 5.87. The first-order chi connectivity index (χ1) is 13.0. The van der Waals surface area contributed by atoms with Gasteiger partial charge >= 0.3 is 0 Å². The van der Waals surface area contributed by atoms with Crippen molar-refractivity contribution in [2.45, 2.75) is 25.8 Å². The van der Waals surface area contributed by atoms with Crippen LogP contribution in [0.2, 0.25) is 5.02 Å². The molecular weight excluding hydrogens is 366 g/mol. The number of ether oxygens (including phenoxy) is 1. The third-order valence-corrected chi connectivity index (χ3v) is 4.38. The first-order valence-electron chi connectivity index (χ1n) is 8.57. The molecular formula is C20H20ClN3O3. The van der Waals surface area contributed by atoms with Crippen LogP contribution in [0.4, 0.5) is 0 Å². The Morgan fingerprint density at radius 2 is 1.89 bits per heavy atom. The maximum absolute atomic E-state index is 12.2. The number of methoxy groups -OCH3 is 1. The largest absolute Gasteiger partial charge is 0.497 e. The third-order valence-electron chi connectivity index (χ3n) is 4.13. The Labute approximate surface area is 162 Å². The Morgan fingerprint density at radius 1 is 1.19 bits per heavy atom. The number of aryl methyl sites for hydroxylation is 1. The molecule has 0 aliphatic rings. The maximum atomic E-state index is 12.2.